The SMILES string of the molecule is CCC(C)C(NC(=O)c1ccc(Br)s1)C(=O)O. The first-order valence-electron chi connectivity index (χ1n) is 5.24. The summed E-state index contributed by atoms with van der Waals surface area (Å²) in [5, 5.41) is 11.6. The van der Waals surface area contributed by atoms with Crippen molar-refractivity contribution < 1.29 is 14.7 Å². The zero-order valence-corrected chi connectivity index (χ0v) is 12.0. The molecule has 0 aliphatic carbocycles. The van der Waals surface area contributed by atoms with Crippen LogP contribution < -0.4 is 5.32 Å². The molecule has 1 rings (SSSR count). The molecule has 0 aliphatic rings. The van der Waals surface area contributed by atoms with E-state index in [2.05, 4.69) is 21.2 Å². The van der Waals surface area contributed by atoms with E-state index >= 15 is 0 Å². The number of amides is 1. The van der Waals surface area contributed by atoms with Gasteiger partial charge in [0.25, 0.3) is 5.91 Å². The molecule has 1 aromatic heterocycles. The van der Waals surface area contributed by atoms with Crippen LogP contribution in [0, 0.1) is 5.92 Å². The molecule has 4 nitrogen and oxygen atoms in total. The Bertz CT molecular complexity index is 419. The lowest BCUT2D eigenvalue weighted by Crippen LogP contribution is -2.44. The summed E-state index contributed by atoms with van der Waals surface area (Å²) >= 11 is 4.54. The number of hydrogen-bond acceptors (Lipinski definition) is 3. The summed E-state index contributed by atoms with van der Waals surface area (Å²) in [6.45, 7) is 3.71. The molecule has 0 saturated carbocycles. The number of rotatable bonds is 5. The standard InChI is InChI=1S/C11H14BrNO3S/c1-3-6(2)9(11(15)16)13-10(14)7-4-5-8(12)17-7/h4-6,9H,3H2,1-2H3,(H,13,14)(H,15,16). The Hall–Kier alpha value is -0.880. The highest BCUT2D eigenvalue weighted by atomic mass is 79.9. The summed E-state index contributed by atoms with van der Waals surface area (Å²) in [5.74, 6) is -1.43. The van der Waals surface area contributed by atoms with Gasteiger partial charge in [-0.25, -0.2) is 4.79 Å². The molecule has 1 amide bonds. The monoisotopic (exact) mass is 319 g/mol. The number of carbonyl (C=O) groups excluding carboxylic acids is 1. The maximum absolute atomic E-state index is 11.8. The first-order chi connectivity index (χ1) is 7.95. The molecule has 1 heterocycles. The van der Waals surface area contributed by atoms with Crippen molar-refractivity contribution in [3.05, 3.63) is 20.8 Å². The Kier molecular flexibility index (Phi) is 5.14. The summed E-state index contributed by atoms with van der Waals surface area (Å²) < 4.78 is 0.845. The first kappa shape index (κ1) is 14.2. The second kappa shape index (κ2) is 6.16. The third kappa shape index (κ3) is 3.81. The van der Waals surface area contributed by atoms with Crippen molar-refractivity contribution in [2.24, 2.45) is 5.92 Å². The molecule has 2 unspecified atom stereocenters. The maximum Gasteiger partial charge on any atom is 0.326 e. The van der Waals surface area contributed by atoms with Crippen molar-refractivity contribution in [2.75, 3.05) is 0 Å². The number of carboxylic acids is 1. The molecular weight excluding hydrogens is 306 g/mol. The molecule has 0 bridgehead atoms. The Morgan fingerprint density at radius 1 is 1.53 bits per heavy atom. The Balaban J connectivity index is 2.74. The molecule has 1 aromatic rings. The summed E-state index contributed by atoms with van der Waals surface area (Å²) in [5.41, 5.74) is 0. The van der Waals surface area contributed by atoms with E-state index in [1.165, 1.54) is 11.3 Å². The zero-order valence-electron chi connectivity index (χ0n) is 9.57. The fourth-order valence-corrected chi connectivity index (χ4v) is 2.62. The van der Waals surface area contributed by atoms with Gasteiger partial charge >= 0.3 is 5.97 Å². The molecule has 6 heteroatoms. The van der Waals surface area contributed by atoms with Crippen molar-refractivity contribution in [1.82, 2.24) is 5.32 Å². The Morgan fingerprint density at radius 3 is 2.59 bits per heavy atom. The lowest BCUT2D eigenvalue weighted by Gasteiger charge is -2.19. The predicted octanol–water partition coefficient (Wildman–Crippen LogP) is 2.74. The number of hydrogen-bond donors (Lipinski definition) is 2. The molecule has 0 fully saturated rings. The number of nitrogens with one attached hydrogen (secondary N) is 1. The summed E-state index contributed by atoms with van der Waals surface area (Å²) in [6, 6.07) is 2.59. The van der Waals surface area contributed by atoms with E-state index in [0.29, 0.717) is 11.3 Å². The average molecular weight is 320 g/mol. The highest BCUT2D eigenvalue weighted by molar-refractivity contribution is 9.11. The average Bonchev–Trinajstić information content (AvgIpc) is 2.71. The smallest absolute Gasteiger partial charge is 0.326 e. The Morgan fingerprint density at radius 2 is 2.18 bits per heavy atom. The van der Waals surface area contributed by atoms with Gasteiger partial charge < -0.3 is 10.4 Å². The van der Waals surface area contributed by atoms with Gasteiger partial charge in [0.15, 0.2) is 0 Å². The van der Waals surface area contributed by atoms with E-state index in [9.17, 15) is 9.59 Å². The van der Waals surface area contributed by atoms with Gasteiger partial charge in [0.2, 0.25) is 0 Å². The molecule has 0 aromatic carbocycles. The lowest BCUT2D eigenvalue weighted by atomic mass is 9.99. The van der Waals surface area contributed by atoms with Gasteiger partial charge in [-0.1, -0.05) is 20.3 Å². The normalized spacial score (nSPS) is 14.1. The fourth-order valence-electron chi connectivity index (χ4n) is 1.33. The third-order valence-corrected chi connectivity index (χ3v) is 4.19. The van der Waals surface area contributed by atoms with Gasteiger partial charge in [0, 0.05) is 0 Å². The van der Waals surface area contributed by atoms with E-state index in [-0.39, 0.29) is 11.8 Å². The van der Waals surface area contributed by atoms with Gasteiger partial charge in [-0.05, 0) is 34.0 Å². The zero-order chi connectivity index (χ0) is 13.0. The van der Waals surface area contributed by atoms with Gasteiger partial charge in [0.1, 0.15) is 6.04 Å². The fraction of sp³-hybridized carbons (Fsp3) is 0.455. The van der Waals surface area contributed by atoms with E-state index < -0.39 is 12.0 Å². The molecule has 94 valence electrons. The van der Waals surface area contributed by atoms with Crippen LogP contribution in [0.2, 0.25) is 0 Å². The van der Waals surface area contributed by atoms with Crippen LogP contribution in [-0.2, 0) is 4.79 Å². The highest BCUT2D eigenvalue weighted by Crippen LogP contribution is 2.22. The largest absolute Gasteiger partial charge is 0.480 e. The van der Waals surface area contributed by atoms with Crippen LogP contribution in [0.25, 0.3) is 0 Å². The number of carbonyl (C=O) groups is 2. The molecule has 2 atom stereocenters. The predicted molar refractivity (Wildman–Crippen MR) is 70.4 cm³/mol. The first-order valence-corrected chi connectivity index (χ1v) is 6.85. The molecule has 0 aliphatic heterocycles. The van der Waals surface area contributed by atoms with E-state index in [1.54, 1.807) is 12.1 Å². The second-order valence-electron chi connectivity index (χ2n) is 3.78. The van der Waals surface area contributed by atoms with Crippen molar-refractivity contribution in [2.45, 2.75) is 26.3 Å². The van der Waals surface area contributed by atoms with E-state index in [4.69, 9.17) is 5.11 Å². The molecular formula is C11H14BrNO3S. The number of aliphatic carboxylic acids is 1. The van der Waals surface area contributed by atoms with Crippen LogP contribution in [0.15, 0.2) is 15.9 Å². The van der Waals surface area contributed by atoms with Crippen LogP contribution in [0.1, 0.15) is 29.9 Å². The second-order valence-corrected chi connectivity index (χ2v) is 6.24. The molecule has 0 saturated heterocycles. The van der Waals surface area contributed by atoms with E-state index in [1.807, 2.05) is 13.8 Å². The number of halogens is 1. The molecule has 0 radical (unpaired) electrons. The summed E-state index contributed by atoms with van der Waals surface area (Å²) in [6.07, 6.45) is 0.700. The maximum atomic E-state index is 11.8. The quantitative estimate of drug-likeness (QED) is 0.877. The van der Waals surface area contributed by atoms with E-state index in [0.717, 1.165) is 3.79 Å². The van der Waals surface area contributed by atoms with Crippen molar-refractivity contribution >= 4 is 39.1 Å². The number of carboxylic acid groups (broad SMARTS) is 1. The molecule has 17 heavy (non-hydrogen) atoms. The summed E-state index contributed by atoms with van der Waals surface area (Å²) in [4.78, 5) is 23.4. The molecule has 2 N–H and O–H groups in total. The van der Waals surface area contributed by atoms with Crippen LogP contribution in [0.4, 0.5) is 0 Å². The Labute approximate surface area is 112 Å². The van der Waals surface area contributed by atoms with Crippen molar-refractivity contribution in [3.8, 4) is 0 Å². The van der Waals surface area contributed by atoms with Crippen LogP contribution >= 0.6 is 27.3 Å². The van der Waals surface area contributed by atoms with Crippen LogP contribution in [-0.4, -0.2) is 23.0 Å². The van der Waals surface area contributed by atoms with Gasteiger partial charge in [0.05, 0.1) is 8.66 Å². The minimum absolute atomic E-state index is 0.0974. The molecule has 0 spiro atoms. The minimum Gasteiger partial charge on any atom is -0.480 e. The van der Waals surface area contributed by atoms with Crippen molar-refractivity contribution in [3.63, 3.8) is 0 Å². The van der Waals surface area contributed by atoms with Crippen LogP contribution in [0.5, 0.6) is 0 Å². The summed E-state index contributed by atoms with van der Waals surface area (Å²) in [7, 11) is 0. The lowest BCUT2D eigenvalue weighted by molar-refractivity contribution is -0.140. The van der Waals surface area contributed by atoms with Crippen LogP contribution in [0.3, 0.4) is 0 Å². The van der Waals surface area contributed by atoms with Gasteiger partial charge in [-0.3, -0.25) is 4.79 Å². The van der Waals surface area contributed by atoms with Gasteiger partial charge in [-0.15, -0.1) is 11.3 Å². The highest BCUT2D eigenvalue weighted by Gasteiger charge is 2.26. The minimum atomic E-state index is -0.997. The van der Waals surface area contributed by atoms with Crippen molar-refractivity contribution in [1.29, 1.82) is 0 Å². The van der Waals surface area contributed by atoms with Gasteiger partial charge in [-0.2, -0.15) is 0 Å². The third-order valence-electron chi connectivity index (χ3n) is 2.56. The number of thiophene rings is 1. The topological polar surface area (TPSA) is 66.4 Å².